The molecule has 0 spiro atoms. The molecule has 2 nitrogen and oxygen atoms in total. The van der Waals surface area contributed by atoms with Gasteiger partial charge in [-0.05, 0) is 49.6 Å². The predicted molar refractivity (Wildman–Crippen MR) is 56.2 cm³/mol. The van der Waals surface area contributed by atoms with Crippen LogP contribution in [0.4, 0.5) is 4.39 Å². The van der Waals surface area contributed by atoms with Crippen LogP contribution in [-0.2, 0) is 16.0 Å². The van der Waals surface area contributed by atoms with Crippen molar-refractivity contribution in [2.75, 3.05) is 6.61 Å². The Morgan fingerprint density at radius 1 is 1.40 bits per heavy atom. The van der Waals surface area contributed by atoms with Gasteiger partial charge in [0.2, 0.25) is 0 Å². The van der Waals surface area contributed by atoms with Crippen LogP contribution in [0.25, 0.3) is 0 Å². The number of carbonyl (C=O) groups is 1. The van der Waals surface area contributed by atoms with Crippen molar-refractivity contribution in [3.05, 3.63) is 34.6 Å². The lowest BCUT2D eigenvalue weighted by molar-refractivity contribution is -0.142. The highest BCUT2D eigenvalue weighted by molar-refractivity contribution is 5.73. The van der Waals surface area contributed by atoms with E-state index in [2.05, 4.69) is 0 Å². The minimum absolute atomic E-state index is 0.137. The Bertz CT molecular complexity index is 372. The average molecular weight is 210 g/mol. The second-order valence-electron chi connectivity index (χ2n) is 3.49. The molecule has 0 unspecified atom stereocenters. The van der Waals surface area contributed by atoms with E-state index >= 15 is 0 Å². The summed E-state index contributed by atoms with van der Waals surface area (Å²) in [5.74, 6) is -0.622. The summed E-state index contributed by atoms with van der Waals surface area (Å²) in [5.41, 5.74) is 2.50. The lowest BCUT2D eigenvalue weighted by Gasteiger charge is -2.08. The van der Waals surface area contributed by atoms with Crippen molar-refractivity contribution in [2.24, 2.45) is 0 Å². The van der Waals surface area contributed by atoms with Gasteiger partial charge in [-0.25, -0.2) is 4.39 Å². The van der Waals surface area contributed by atoms with Crippen LogP contribution in [0.5, 0.6) is 0 Å². The summed E-state index contributed by atoms with van der Waals surface area (Å²) in [4.78, 5) is 11.2. The number of rotatable bonds is 3. The van der Waals surface area contributed by atoms with E-state index in [4.69, 9.17) is 4.74 Å². The first-order chi connectivity index (χ1) is 7.04. The van der Waals surface area contributed by atoms with Crippen molar-refractivity contribution in [1.29, 1.82) is 0 Å². The minimum Gasteiger partial charge on any atom is -0.466 e. The van der Waals surface area contributed by atoms with Crippen LogP contribution < -0.4 is 0 Å². The molecule has 0 atom stereocenters. The van der Waals surface area contributed by atoms with E-state index in [9.17, 15) is 9.18 Å². The summed E-state index contributed by atoms with van der Waals surface area (Å²) in [7, 11) is 0. The Balaban J connectivity index is 2.89. The molecule has 0 aliphatic heterocycles. The van der Waals surface area contributed by atoms with E-state index in [1.54, 1.807) is 6.92 Å². The quantitative estimate of drug-likeness (QED) is 0.717. The van der Waals surface area contributed by atoms with Gasteiger partial charge in [0.05, 0.1) is 13.0 Å². The standard InChI is InChI=1S/C12H15FO2/c1-4-15-12(14)7-10-6-11(13)5-8(2)9(10)3/h5-6H,4,7H2,1-3H3. The highest BCUT2D eigenvalue weighted by Crippen LogP contribution is 2.16. The number of aryl methyl sites for hydroxylation is 1. The molecule has 0 aliphatic rings. The van der Waals surface area contributed by atoms with Gasteiger partial charge >= 0.3 is 5.97 Å². The fraction of sp³-hybridized carbons (Fsp3) is 0.417. The maximum absolute atomic E-state index is 13.1. The molecule has 0 fully saturated rings. The van der Waals surface area contributed by atoms with E-state index in [1.807, 2.05) is 13.8 Å². The molecular weight excluding hydrogens is 195 g/mol. The SMILES string of the molecule is CCOC(=O)Cc1cc(F)cc(C)c1C. The van der Waals surface area contributed by atoms with Crippen molar-refractivity contribution in [1.82, 2.24) is 0 Å². The smallest absolute Gasteiger partial charge is 0.310 e. The number of hydrogen-bond acceptors (Lipinski definition) is 2. The first kappa shape index (κ1) is 11.7. The Kier molecular flexibility index (Phi) is 3.83. The van der Waals surface area contributed by atoms with Gasteiger partial charge in [0.15, 0.2) is 0 Å². The van der Waals surface area contributed by atoms with Crippen molar-refractivity contribution in [3.8, 4) is 0 Å². The van der Waals surface area contributed by atoms with Gasteiger partial charge < -0.3 is 4.74 Å². The van der Waals surface area contributed by atoms with E-state index in [-0.39, 0.29) is 18.2 Å². The molecule has 1 rings (SSSR count). The van der Waals surface area contributed by atoms with Crippen LogP contribution >= 0.6 is 0 Å². The van der Waals surface area contributed by atoms with Crippen molar-refractivity contribution >= 4 is 5.97 Å². The summed E-state index contributed by atoms with van der Waals surface area (Å²) in [6.07, 6.45) is 0.137. The molecule has 0 saturated carbocycles. The van der Waals surface area contributed by atoms with E-state index < -0.39 is 0 Å². The number of ether oxygens (including phenoxy) is 1. The minimum atomic E-state index is -0.314. The van der Waals surface area contributed by atoms with E-state index in [1.165, 1.54) is 12.1 Å². The monoisotopic (exact) mass is 210 g/mol. The third-order valence-electron chi connectivity index (χ3n) is 2.38. The Hall–Kier alpha value is -1.38. The van der Waals surface area contributed by atoms with E-state index in [0.29, 0.717) is 12.2 Å². The lowest BCUT2D eigenvalue weighted by Crippen LogP contribution is -2.09. The van der Waals surface area contributed by atoms with Crippen molar-refractivity contribution in [3.63, 3.8) is 0 Å². The second kappa shape index (κ2) is 4.91. The van der Waals surface area contributed by atoms with Gasteiger partial charge in [-0.15, -0.1) is 0 Å². The van der Waals surface area contributed by atoms with Crippen LogP contribution in [0, 0.1) is 19.7 Å². The first-order valence-electron chi connectivity index (χ1n) is 4.95. The molecule has 0 aliphatic carbocycles. The summed E-state index contributed by atoms with van der Waals surface area (Å²) in [6.45, 7) is 5.81. The maximum atomic E-state index is 13.1. The maximum Gasteiger partial charge on any atom is 0.310 e. The fourth-order valence-electron chi connectivity index (χ4n) is 1.44. The highest BCUT2D eigenvalue weighted by atomic mass is 19.1. The number of hydrogen-bond donors (Lipinski definition) is 0. The Labute approximate surface area is 89.1 Å². The van der Waals surface area contributed by atoms with Crippen LogP contribution in [0.1, 0.15) is 23.6 Å². The zero-order valence-corrected chi connectivity index (χ0v) is 9.26. The molecule has 0 saturated heterocycles. The van der Waals surface area contributed by atoms with E-state index in [0.717, 1.165) is 11.1 Å². The molecule has 1 aromatic rings. The third-order valence-corrected chi connectivity index (χ3v) is 2.38. The van der Waals surface area contributed by atoms with Gasteiger partial charge in [0.25, 0.3) is 0 Å². The number of carbonyl (C=O) groups excluding carboxylic acids is 1. The number of esters is 1. The molecular formula is C12H15FO2. The molecule has 0 aromatic heterocycles. The molecule has 1 aromatic carbocycles. The molecule has 0 radical (unpaired) electrons. The molecule has 0 heterocycles. The van der Waals surface area contributed by atoms with Crippen LogP contribution in [-0.4, -0.2) is 12.6 Å². The fourth-order valence-corrected chi connectivity index (χ4v) is 1.44. The number of benzene rings is 1. The summed E-state index contributed by atoms with van der Waals surface area (Å²) in [6, 6.07) is 2.85. The highest BCUT2D eigenvalue weighted by Gasteiger charge is 2.09. The molecule has 82 valence electrons. The zero-order valence-electron chi connectivity index (χ0n) is 9.26. The molecule has 0 amide bonds. The molecule has 15 heavy (non-hydrogen) atoms. The van der Waals surface area contributed by atoms with Gasteiger partial charge in [0, 0.05) is 0 Å². The summed E-state index contributed by atoms with van der Waals surface area (Å²) < 4.78 is 17.9. The van der Waals surface area contributed by atoms with Crippen LogP contribution in [0.2, 0.25) is 0 Å². The van der Waals surface area contributed by atoms with Crippen LogP contribution in [0.15, 0.2) is 12.1 Å². The summed E-state index contributed by atoms with van der Waals surface area (Å²) in [5, 5.41) is 0. The Morgan fingerprint density at radius 2 is 2.07 bits per heavy atom. The average Bonchev–Trinajstić information content (AvgIpc) is 2.13. The molecule has 0 bridgehead atoms. The van der Waals surface area contributed by atoms with Gasteiger partial charge in [0.1, 0.15) is 5.82 Å². The summed E-state index contributed by atoms with van der Waals surface area (Å²) >= 11 is 0. The van der Waals surface area contributed by atoms with Gasteiger partial charge in [-0.3, -0.25) is 4.79 Å². The molecule has 3 heteroatoms. The Morgan fingerprint density at radius 3 is 2.67 bits per heavy atom. The normalized spacial score (nSPS) is 10.1. The van der Waals surface area contributed by atoms with Crippen molar-refractivity contribution in [2.45, 2.75) is 27.2 Å². The third kappa shape index (κ3) is 3.05. The second-order valence-corrected chi connectivity index (χ2v) is 3.49. The topological polar surface area (TPSA) is 26.3 Å². The zero-order chi connectivity index (χ0) is 11.4. The molecule has 0 N–H and O–H groups in total. The lowest BCUT2D eigenvalue weighted by atomic mass is 10.0. The van der Waals surface area contributed by atoms with Gasteiger partial charge in [-0.1, -0.05) is 0 Å². The predicted octanol–water partition coefficient (Wildman–Crippen LogP) is 2.55. The first-order valence-corrected chi connectivity index (χ1v) is 4.95. The van der Waals surface area contributed by atoms with Gasteiger partial charge in [-0.2, -0.15) is 0 Å². The largest absolute Gasteiger partial charge is 0.466 e. The number of halogens is 1. The van der Waals surface area contributed by atoms with Crippen molar-refractivity contribution < 1.29 is 13.9 Å². The van der Waals surface area contributed by atoms with Crippen LogP contribution in [0.3, 0.4) is 0 Å².